The van der Waals surface area contributed by atoms with Crippen LogP contribution in [0.1, 0.15) is 25.3 Å². The Labute approximate surface area is 87.3 Å². The molecule has 1 aromatic rings. The number of rotatable bonds is 3. The van der Waals surface area contributed by atoms with E-state index in [2.05, 4.69) is 5.32 Å². The van der Waals surface area contributed by atoms with Gasteiger partial charge in [0.2, 0.25) is 0 Å². The highest BCUT2D eigenvalue weighted by atomic mass is 19.4. The van der Waals surface area contributed by atoms with Gasteiger partial charge in [0, 0.05) is 5.69 Å². The molecule has 0 saturated heterocycles. The molecule has 0 unspecified atom stereocenters. The van der Waals surface area contributed by atoms with Crippen molar-refractivity contribution in [2.75, 3.05) is 11.9 Å². The first-order valence-corrected chi connectivity index (χ1v) is 4.79. The van der Waals surface area contributed by atoms with E-state index in [9.17, 15) is 13.2 Å². The van der Waals surface area contributed by atoms with Crippen LogP contribution >= 0.6 is 0 Å². The molecule has 0 heterocycles. The molecule has 0 radical (unpaired) electrons. The van der Waals surface area contributed by atoms with Gasteiger partial charge >= 0.3 is 6.18 Å². The maximum atomic E-state index is 11.9. The summed E-state index contributed by atoms with van der Waals surface area (Å²) in [5.41, 5.74) is 1.54. The molecule has 0 spiro atoms. The van der Waals surface area contributed by atoms with Crippen LogP contribution in [0, 0.1) is 0 Å². The second-order valence-electron chi connectivity index (χ2n) is 3.75. The molecule has 0 atom stereocenters. The van der Waals surface area contributed by atoms with Crippen molar-refractivity contribution >= 4 is 5.69 Å². The predicted molar refractivity (Wildman–Crippen MR) is 55.1 cm³/mol. The van der Waals surface area contributed by atoms with Crippen molar-refractivity contribution in [1.82, 2.24) is 0 Å². The van der Waals surface area contributed by atoms with E-state index in [1.165, 1.54) is 0 Å². The molecule has 1 nitrogen and oxygen atoms in total. The Morgan fingerprint density at radius 2 is 1.93 bits per heavy atom. The monoisotopic (exact) mass is 217 g/mol. The first-order chi connectivity index (χ1) is 6.88. The van der Waals surface area contributed by atoms with Crippen LogP contribution in [0.2, 0.25) is 0 Å². The zero-order valence-corrected chi connectivity index (χ0v) is 8.73. The summed E-state index contributed by atoms with van der Waals surface area (Å²) in [5, 5.41) is 2.35. The van der Waals surface area contributed by atoms with Crippen molar-refractivity contribution in [1.29, 1.82) is 0 Å². The quantitative estimate of drug-likeness (QED) is 0.812. The molecule has 0 aliphatic rings. The van der Waals surface area contributed by atoms with Crippen molar-refractivity contribution in [2.24, 2.45) is 0 Å². The Hall–Kier alpha value is -1.19. The minimum atomic E-state index is -4.17. The van der Waals surface area contributed by atoms with Crippen molar-refractivity contribution in [3.63, 3.8) is 0 Å². The van der Waals surface area contributed by atoms with Crippen LogP contribution in [0.25, 0.3) is 0 Å². The van der Waals surface area contributed by atoms with Gasteiger partial charge in [-0.25, -0.2) is 0 Å². The Morgan fingerprint density at radius 1 is 1.27 bits per heavy atom. The number of hydrogen-bond donors (Lipinski definition) is 1. The molecule has 4 heteroatoms. The molecule has 0 fully saturated rings. The molecule has 0 aromatic heterocycles. The van der Waals surface area contributed by atoms with Crippen molar-refractivity contribution < 1.29 is 13.2 Å². The Morgan fingerprint density at radius 3 is 2.47 bits per heavy atom. The molecule has 84 valence electrons. The van der Waals surface area contributed by atoms with Gasteiger partial charge in [0.15, 0.2) is 0 Å². The number of benzene rings is 1. The van der Waals surface area contributed by atoms with E-state index in [-0.39, 0.29) is 0 Å². The zero-order chi connectivity index (χ0) is 11.5. The molecule has 0 aliphatic heterocycles. The van der Waals surface area contributed by atoms with Gasteiger partial charge in [-0.3, -0.25) is 0 Å². The van der Waals surface area contributed by atoms with E-state index in [0.717, 1.165) is 5.56 Å². The molecule has 15 heavy (non-hydrogen) atoms. The first-order valence-electron chi connectivity index (χ1n) is 4.79. The van der Waals surface area contributed by atoms with E-state index in [1.807, 2.05) is 19.9 Å². The average Bonchev–Trinajstić information content (AvgIpc) is 2.14. The van der Waals surface area contributed by atoms with Crippen LogP contribution in [0.15, 0.2) is 24.3 Å². The average molecular weight is 217 g/mol. The summed E-state index contributed by atoms with van der Waals surface area (Å²) < 4.78 is 35.8. The van der Waals surface area contributed by atoms with E-state index in [1.54, 1.807) is 18.2 Å². The summed E-state index contributed by atoms with van der Waals surface area (Å²) >= 11 is 0. The minimum Gasteiger partial charge on any atom is -0.376 e. The second-order valence-corrected chi connectivity index (χ2v) is 3.75. The lowest BCUT2D eigenvalue weighted by Gasteiger charge is -2.11. The summed E-state index contributed by atoms with van der Waals surface area (Å²) in [6.45, 7) is 3.01. The third kappa shape index (κ3) is 4.23. The van der Waals surface area contributed by atoms with Crippen LogP contribution < -0.4 is 5.32 Å². The smallest absolute Gasteiger partial charge is 0.376 e. The van der Waals surface area contributed by atoms with Crippen LogP contribution in [0.4, 0.5) is 18.9 Å². The van der Waals surface area contributed by atoms with Gasteiger partial charge in [0.1, 0.15) is 6.54 Å². The summed E-state index contributed by atoms with van der Waals surface area (Å²) in [5.74, 6) is 0.317. The first kappa shape index (κ1) is 11.9. The third-order valence-electron chi connectivity index (χ3n) is 2.05. The Kier molecular flexibility index (Phi) is 3.61. The number of alkyl halides is 3. The van der Waals surface area contributed by atoms with Crippen molar-refractivity contribution in [3.05, 3.63) is 29.8 Å². The molecule has 0 bridgehead atoms. The molecule has 0 aliphatic carbocycles. The lowest BCUT2D eigenvalue weighted by Crippen LogP contribution is -2.21. The fraction of sp³-hybridized carbons (Fsp3) is 0.455. The van der Waals surface area contributed by atoms with Crippen molar-refractivity contribution in [3.8, 4) is 0 Å². The maximum absolute atomic E-state index is 11.9. The van der Waals surface area contributed by atoms with Crippen molar-refractivity contribution in [2.45, 2.75) is 25.9 Å². The fourth-order valence-electron chi connectivity index (χ4n) is 1.21. The molecular formula is C11H14F3N. The Bertz CT molecular complexity index is 318. The third-order valence-corrected chi connectivity index (χ3v) is 2.05. The van der Waals surface area contributed by atoms with Gasteiger partial charge in [-0.1, -0.05) is 26.0 Å². The van der Waals surface area contributed by atoms with Gasteiger partial charge in [0.05, 0.1) is 0 Å². The zero-order valence-electron chi connectivity index (χ0n) is 8.73. The standard InChI is InChI=1S/C11H14F3N/c1-8(2)9-4-3-5-10(6-9)15-7-11(12,13)14/h3-6,8,15H,7H2,1-2H3. The lowest BCUT2D eigenvalue weighted by atomic mass is 10.0. The van der Waals surface area contributed by atoms with Gasteiger partial charge in [0.25, 0.3) is 0 Å². The van der Waals surface area contributed by atoms with Gasteiger partial charge in [-0.2, -0.15) is 13.2 Å². The number of halogens is 3. The number of anilines is 1. The molecule has 1 N–H and O–H groups in total. The van der Waals surface area contributed by atoms with E-state index in [0.29, 0.717) is 11.6 Å². The summed E-state index contributed by atoms with van der Waals surface area (Å²) in [6.07, 6.45) is -4.17. The fourth-order valence-corrected chi connectivity index (χ4v) is 1.21. The largest absolute Gasteiger partial charge is 0.405 e. The molecule has 1 aromatic carbocycles. The maximum Gasteiger partial charge on any atom is 0.405 e. The van der Waals surface area contributed by atoms with Crippen LogP contribution in [0.5, 0.6) is 0 Å². The molecule has 1 rings (SSSR count). The lowest BCUT2D eigenvalue weighted by molar-refractivity contribution is -0.115. The summed E-state index contributed by atoms with van der Waals surface area (Å²) in [6, 6.07) is 7.05. The molecule has 0 amide bonds. The van der Waals surface area contributed by atoms with Crippen LogP contribution in [-0.2, 0) is 0 Å². The number of nitrogens with one attached hydrogen (secondary N) is 1. The van der Waals surface area contributed by atoms with Crippen LogP contribution in [-0.4, -0.2) is 12.7 Å². The molecular weight excluding hydrogens is 203 g/mol. The van der Waals surface area contributed by atoms with Gasteiger partial charge < -0.3 is 5.32 Å². The van der Waals surface area contributed by atoms with Crippen LogP contribution in [0.3, 0.4) is 0 Å². The topological polar surface area (TPSA) is 12.0 Å². The highest BCUT2D eigenvalue weighted by Gasteiger charge is 2.26. The predicted octanol–water partition coefficient (Wildman–Crippen LogP) is 3.78. The minimum absolute atomic E-state index is 0.317. The van der Waals surface area contributed by atoms with E-state index in [4.69, 9.17) is 0 Å². The Balaban J connectivity index is 2.66. The highest BCUT2D eigenvalue weighted by molar-refractivity contribution is 5.46. The summed E-state index contributed by atoms with van der Waals surface area (Å²) in [7, 11) is 0. The number of hydrogen-bond acceptors (Lipinski definition) is 1. The summed E-state index contributed by atoms with van der Waals surface area (Å²) in [4.78, 5) is 0. The van der Waals surface area contributed by atoms with E-state index < -0.39 is 12.7 Å². The highest BCUT2D eigenvalue weighted by Crippen LogP contribution is 2.20. The SMILES string of the molecule is CC(C)c1cccc(NCC(F)(F)F)c1. The second kappa shape index (κ2) is 4.55. The van der Waals surface area contributed by atoms with E-state index >= 15 is 0 Å². The molecule has 0 saturated carbocycles. The van der Waals surface area contributed by atoms with Gasteiger partial charge in [-0.15, -0.1) is 0 Å². The normalized spacial score (nSPS) is 11.9. The van der Waals surface area contributed by atoms with Gasteiger partial charge in [-0.05, 0) is 23.6 Å².